The smallest absolute Gasteiger partial charge is 0.338 e. The van der Waals surface area contributed by atoms with E-state index >= 15 is 0 Å². The number of carbonyl (C=O) groups excluding carboxylic acids is 1. The molecule has 2 fully saturated rings. The minimum atomic E-state index is -0.740. The van der Waals surface area contributed by atoms with Crippen molar-refractivity contribution in [1.29, 1.82) is 0 Å². The van der Waals surface area contributed by atoms with Crippen molar-refractivity contribution in [2.75, 3.05) is 6.61 Å². The average Bonchev–Trinajstić information content (AvgIpc) is 3.36. The SMILES string of the molecule is Cc1cc(C)n2nc(CC3=C(O)CC(CCc4ccc(OCC5CC5)c(Cl)c4)(C4CCCC4)OC3=O)nc2n1. The molecule has 1 aliphatic heterocycles. The molecule has 2 aliphatic carbocycles. The van der Waals surface area contributed by atoms with Crippen LogP contribution in [-0.4, -0.2) is 42.9 Å². The third kappa shape index (κ3) is 5.49. The number of hydrogen-bond donors (Lipinski definition) is 1. The Morgan fingerprint density at radius 1 is 1.15 bits per heavy atom. The van der Waals surface area contributed by atoms with E-state index in [1.165, 1.54) is 12.8 Å². The Morgan fingerprint density at radius 3 is 2.67 bits per heavy atom. The maximum absolute atomic E-state index is 13.4. The fourth-order valence-electron chi connectivity index (χ4n) is 6.09. The van der Waals surface area contributed by atoms with E-state index in [1.54, 1.807) is 4.52 Å². The summed E-state index contributed by atoms with van der Waals surface area (Å²) in [6.45, 7) is 4.56. The lowest BCUT2D eigenvalue weighted by atomic mass is 9.76. The number of esters is 1. The number of benzene rings is 1. The molecule has 1 aromatic carbocycles. The topological polar surface area (TPSA) is 98.8 Å². The molecule has 39 heavy (non-hydrogen) atoms. The van der Waals surface area contributed by atoms with Crippen LogP contribution in [0.25, 0.3) is 5.78 Å². The number of rotatable bonds is 9. The molecule has 0 bridgehead atoms. The second-order valence-corrected chi connectivity index (χ2v) is 11.9. The van der Waals surface area contributed by atoms with Crippen LogP contribution in [0.5, 0.6) is 5.75 Å². The van der Waals surface area contributed by atoms with Crippen LogP contribution < -0.4 is 4.74 Å². The quantitative estimate of drug-likeness (QED) is 0.324. The molecule has 8 nitrogen and oxygen atoms in total. The van der Waals surface area contributed by atoms with Crippen LogP contribution in [0.3, 0.4) is 0 Å². The van der Waals surface area contributed by atoms with Crippen molar-refractivity contribution < 1.29 is 19.4 Å². The van der Waals surface area contributed by atoms with Gasteiger partial charge in [0.2, 0.25) is 0 Å². The standard InChI is InChI=1S/C30H35ClN4O4/c1-18-13-19(2)35-29(32-18)33-27(34-35)15-23-25(36)16-30(39-28(23)37,22-5-3-4-6-22)12-11-20-9-10-26(24(31)14-20)38-17-21-7-8-21/h9-10,13-14,21-22,36H,3-8,11-12,15-17H2,1-2H3. The van der Waals surface area contributed by atoms with Crippen LogP contribution in [0, 0.1) is 25.7 Å². The van der Waals surface area contributed by atoms with Crippen LogP contribution in [0.1, 0.15) is 74.1 Å². The number of carbonyl (C=O) groups is 1. The molecule has 0 spiro atoms. The van der Waals surface area contributed by atoms with E-state index in [-0.39, 0.29) is 23.7 Å². The maximum atomic E-state index is 13.4. The van der Waals surface area contributed by atoms with Gasteiger partial charge < -0.3 is 14.6 Å². The zero-order valence-corrected chi connectivity index (χ0v) is 23.3. The number of cyclic esters (lactones) is 1. The molecule has 1 atom stereocenters. The van der Waals surface area contributed by atoms with E-state index in [4.69, 9.17) is 21.1 Å². The summed E-state index contributed by atoms with van der Waals surface area (Å²) in [6.07, 6.45) is 8.37. The molecule has 206 valence electrons. The van der Waals surface area contributed by atoms with E-state index in [1.807, 2.05) is 38.1 Å². The number of aryl methyl sites for hydroxylation is 3. The van der Waals surface area contributed by atoms with Gasteiger partial charge in [0.25, 0.3) is 5.78 Å². The van der Waals surface area contributed by atoms with E-state index in [0.29, 0.717) is 54.2 Å². The summed E-state index contributed by atoms with van der Waals surface area (Å²) in [5.41, 5.74) is 2.31. The van der Waals surface area contributed by atoms with Gasteiger partial charge in [-0.3, -0.25) is 0 Å². The molecule has 3 aliphatic rings. The Kier molecular flexibility index (Phi) is 7.00. The minimum absolute atomic E-state index is 0.0831. The van der Waals surface area contributed by atoms with E-state index in [9.17, 15) is 9.90 Å². The largest absolute Gasteiger partial charge is 0.512 e. The Balaban J connectivity index is 1.20. The molecule has 2 saturated carbocycles. The number of hydrogen-bond acceptors (Lipinski definition) is 7. The van der Waals surface area contributed by atoms with Crippen molar-refractivity contribution >= 4 is 23.3 Å². The summed E-state index contributed by atoms with van der Waals surface area (Å²) < 4.78 is 13.8. The zero-order valence-electron chi connectivity index (χ0n) is 22.6. The van der Waals surface area contributed by atoms with Crippen molar-refractivity contribution in [2.24, 2.45) is 11.8 Å². The first-order chi connectivity index (χ1) is 18.8. The molecule has 3 aromatic rings. The highest BCUT2D eigenvalue weighted by molar-refractivity contribution is 6.32. The lowest BCUT2D eigenvalue weighted by Gasteiger charge is -2.41. The Labute approximate surface area is 233 Å². The monoisotopic (exact) mass is 550 g/mol. The molecule has 2 aromatic heterocycles. The average molecular weight is 551 g/mol. The number of nitrogens with zero attached hydrogens (tertiary/aromatic N) is 4. The molecule has 9 heteroatoms. The van der Waals surface area contributed by atoms with Gasteiger partial charge in [0.05, 0.1) is 17.2 Å². The molecule has 3 heterocycles. The summed E-state index contributed by atoms with van der Waals surface area (Å²) in [5.74, 6) is 2.11. The fraction of sp³-hybridized carbons (Fsp3) is 0.533. The third-order valence-electron chi connectivity index (χ3n) is 8.46. The second-order valence-electron chi connectivity index (χ2n) is 11.5. The molecular formula is C30H35ClN4O4. The van der Waals surface area contributed by atoms with E-state index in [0.717, 1.165) is 42.6 Å². The van der Waals surface area contributed by atoms with Crippen molar-refractivity contribution in [1.82, 2.24) is 19.6 Å². The Bertz CT molecular complexity index is 1440. The van der Waals surface area contributed by atoms with Gasteiger partial charge in [-0.25, -0.2) is 14.3 Å². The van der Waals surface area contributed by atoms with Gasteiger partial charge in [0.15, 0.2) is 5.82 Å². The third-order valence-corrected chi connectivity index (χ3v) is 8.75. The number of aromatic nitrogens is 4. The van der Waals surface area contributed by atoms with Gasteiger partial charge in [-0.1, -0.05) is 30.5 Å². The fourth-order valence-corrected chi connectivity index (χ4v) is 6.35. The molecule has 1 N–H and O–H groups in total. The normalized spacial score (nSPS) is 22.1. The van der Waals surface area contributed by atoms with Crippen LogP contribution in [0.2, 0.25) is 5.02 Å². The lowest BCUT2D eigenvalue weighted by molar-refractivity contribution is -0.167. The first-order valence-corrected chi connectivity index (χ1v) is 14.4. The first kappa shape index (κ1) is 26.1. The van der Waals surface area contributed by atoms with Gasteiger partial charge >= 0.3 is 5.97 Å². The second kappa shape index (κ2) is 10.5. The Hall–Kier alpha value is -3.13. The number of aliphatic hydroxyl groups excluding tert-OH is 1. The first-order valence-electron chi connectivity index (χ1n) is 14.0. The zero-order chi connectivity index (χ0) is 27.1. The van der Waals surface area contributed by atoms with E-state index in [2.05, 4.69) is 15.1 Å². The molecule has 6 rings (SSSR count). The lowest BCUT2D eigenvalue weighted by Crippen LogP contribution is -2.46. The summed E-state index contributed by atoms with van der Waals surface area (Å²) in [5, 5.41) is 16.3. The number of ether oxygens (including phenoxy) is 2. The highest BCUT2D eigenvalue weighted by Crippen LogP contribution is 2.46. The van der Waals surface area contributed by atoms with Crippen molar-refractivity contribution in [3.63, 3.8) is 0 Å². The van der Waals surface area contributed by atoms with Gasteiger partial charge in [-0.05, 0) is 88.0 Å². The van der Waals surface area contributed by atoms with Gasteiger partial charge in [0, 0.05) is 24.2 Å². The van der Waals surface area contributed by atoms with Crippen molar-refractivity contribution in [2.45, 2.75) is 83.7 Å². The van der Waals surface area contributed by atoms with E-state index < -0.39 is 11.6 Å². The highest BCUT2D eigenvalue weighted by Gasteiger charge is 2.48. The Morgan fingerprint density at radius 2 is 1.95 bits per heavy atom. The van der Waals surface area contributed by atoms with Gasteiger partial charge in [-0.15, -0.1) is 5.10 Å². The molecular weight excluding hydrogens is 516 g/mol. The van der Waals surface area contributed by atoms with Gasteiger partial charge in [0.1, 0.15) is 17.1 Å². The number of fused-ring (bicyclic) bond motifs is 1. The summed E-state index contributed by atoms with van der Waals surface area (Å²) >= 11 is 6.53. The van der Waals surface area contributed by atoms with Gasteiger partial charge in [-0.2, -0.15) is 4.98 Å². The van der Waals surface area contributed by atoms with Crippen molar-refractivity contribution in [3.8, 4) is 5.75 Å². The minimum Gasteiger partial charge on any atom is -0.512 e. The maximum Gasteiger partial charge on any atom is 0.338 e. The molecule has 0 saturated heterocycles. The van der Waals surface area contributed by atoms with Crippen LogP contribution in [-0.2, 0) is 22.4 Å². The molecule has 1 unspecified atom stereocenters. The van der Waals surface area contributed by atoms with Crippen LogP contribution in [0.4, 0.5) is 0 Å². The van der Waals surface area contributed by atoms with Crippen LogP contribution >= 0.6 is 11.6 Å². The van der Waals surface area contributed by atoms with Crippen LogP contribution in [0.15, 0.2) is 35.6 Å². The summed E-state index contributed by atoms with van der Waals surface area (Å²) in [6, 6.07) is 7.85. The number of aliphatic hydroxyl groups is 1. The summed E-state index contributed by atoms with van der Waals surface area (Å²) in [7, 11) is 0. The van der Waals surface area contributed by atoms with Crippen molar-refractivity contribution in [3.05, 3.63) is 63.4 Å². The number of halogens is 1. The molecule has 0 amide bonds. The highest BCUT2D eigenvalue weighted by atomic mass is 35.5. The summed E-state index contributed by atoms with van der Waals surface area (Å²) in [4.78, 5) is 22.3. The molecule has 0 radical (unpaired) electrons. The predicted octanol–water partition coefficient (Wildman–Crippen LogP) is 6.05. The predicted molar refractivity (Wildman–Crippen MR) is 147 cm³/mol.